The van der Waals surface area contributed by atoms with E-state index in [-0.39, 0.29) is 5.41 Å². The fraction of sp³-hybridized carbons (Fsp3) is 0.440. The summed E-state index contributed by atoms with van der Waals surface area (Å²) in [5.74, 6) is 1.53. The molecule has 150 valence electrons. The predicted molar refractivity (Wildman–Crippen MR) is 128 cm³/mol. The normalized spacial score (nSPS) is 16.6. The molecule has 0 heterocycles. The maximum Gasteiger partial charge on any atom is 0.127 e. The van der Waals surface area contributed by atoms with Crippen molar-refractivity contribution in [3.05, 3.63) is 65.2 Å². The van der Waals surface area contributed by atoms with Crippen molar-refractivity contribution in [2.75, 3.05) is 6.61 Å². The van der Waals surface area contributed by atoms with Crippen LogP contribution >= 0.6 is 25.3 Å². The van der Waals surface area contributed by atoms with Gasteiger partial charge in [-0.1, -0.05) is 76.4 Å². The van der Waals surface area contributed by atoms with Gasteiger partial charge < -0.3 is 4.74 Å². The molecule has 1 fully saturated rings. The summed E-state index contributed by atoms with van der Waals surface area (Å²) in [5, 5.41) is 0. The Morgan fingerprint density at radius 2 is 1.61 bits per heavy atom. The monoisotopic (exact) mass is 412 g/mol. The molecule has 3 rings (SSSR count). The van der Waals surface area contributed by atoms with Crippen LogP contribution in [0.3, 0.4) is 0 Å². The zero-order chi connectivity index (χ0) is 20.1. The molecule has 0 unspecified atom stereocenters. The molecule has 3 heteroatoms. The summed E-state index contributed by atoms with van der Waals surface area (Å²) in [5.41, 5.74) is 3.62. The van der Waals surface area contributed by atoms with E-state index in [2.05, 4.69) is 51.1 Å². The van der Waals surface area contributed by atoms with E-state index in [9.17, 15) is 0 Å². The second-order valence-corrected chi connectivity index (χ2v) is 9.90. The minimum absolute atomic E-state index is 0.100. The van der Waals surface area contributed by atoms with Crippen molar-refractivity contribution in [3.8, 4) is 5.75 Å². The lowest BCUT2D eigenvalue weighted by atomic mass is 9.83. The van der Waals surface area contributed by atoms with Crippen LogP contribution in [0.15, 0.2) is 48.5 Å². The van der Waals surface area contributed by atoms with Gasteiger partial charge in [0, 0.05) is 15.4 Å². The van der Waals surface area contributed by atoms with Crippen LogP contribution in [-0.2, 0) is 0 Å². The Kier molecular flexibility index (Phi) is 7.22. The highest BCUT2D eigenvalue weighted by atomic mass is 32.1. The molecule has 28 heavy (non-hydrogen) atoms. The predicted octanol–water partition coefficient (Wildman–Crippen LogP) is 7.84. The summed E-state index contributed by atoms with van der Waals surface area (Å²) < 4.78 is 6.23. The SMILES string of the molecule is CC(C)(C)COc1ccc(C2CCCCC2)cc1C(S)=C(S)c1ccccc1. The number of thiol groups is 2. The van der Waals surface area contributed by atoms with E-state index in [1.165, 1.54) is 37.7 Å². The molecule has 0 atom stereocenters. The highest BCUT2D eigenvalue weighted by Crippen LogP contribution is 2.40. The van der Waals surface area contributed by atoms with Gasteiger partial charge in [-0.15, -0.1) is 25.3 Å². The molecule has 1 saturated carbocycles. The molecule has 0 spiro atoms. The van der Waals surface area contributed by atoms with E-state index in [1.807, 2.05) is 18.2 Å². The lowest BCUT2D eigenvalue weighted by Crippen LogP contribution is -2.17. The Balaban J connectivity index is 2.00. The van der Waals surface area contributed by atoms with Crippen molar-refractivity contribution in [2.45, 2.75) is 58.8 Å². The molecule has 0 amide bonds. The number of hydrogen-bond donors (Lipinski definition) is 2. The van der Waals surface area contributed by atoms with Gasteiger partial charge >= 0.3 is 0 Å². The van der Waals surface area contributed by atoms with Crippen molar-refractivity contribution in [1.82, 2.24) is 0 Å². The Morgan fingerprint density at radius 1 is 0.929 bits per heavy atom. The van der Waals surface area contributed by atoms with Crippen molar-refractivity contribution < 1.29 is 4.74 Å². The molecule has 0 N–H and O–H groups in total. The largest absolute Gasteiger partial charge is 0.492 e. The molecular formula is C25H32OS2. The topological polar surface area (TPSA) is 9.23 Å². The maximum atomic E-state index is 6.23. The van der Waals surface area contributed by atoms with Crippen LogP contribution in [0, 0.1) is 5.41 Å². The van der Waals surface area contributed by atoms with Crippen LogP contribution in [0.5, 0.6) is 5.75 Å². The van der Waals surface area contributed by atoms with Crippen molar-refractivity contribution >= 4 is 35.1 Å². The first-order chi connectivity index (χ1) is 13.3. The smallest absolute Gasteiger partial charge is 0.127 e. The van der Waals surface area contributed by atoms with E-state index in [1.54, 1.807) is 0 Å². The second-order valence-electron chi connectivity index (χ2n) is 9.00. The first-order valence-corrected chi connectivity index (χ1v) is 11.2. The van der Waals surface area contributed by atoms with E-state index >= 15 is 0 Å². The maximum absolute atomic E-state index is 6.23. The third kappa shape index (κ3) is 5.61. The third-order valence-electron chi connectivity index (χ3n) is 5.27. The highest BCUT2D eigenvalue weighted by molar-refractivity contribution is 7.96. The number of benzene rings is 2. The van der Waals surface area contributed by atoms with Gasteiger partial charge in [0.25, 0.3) is 0 Å². The third-order valence-corrected chi connectivity index (χ3v) is 6.39. The molecule has 1 nitrogen and oxygen atoms in total. The standard InChI is InChI=1S/C25H32OS2/c1-25(2,3)17-26-22-15-14-20(18-10-6-4-7-11-18)16-21(22)24(28)23(27)19-12-8-5-9-13-19/h5,8-9,12-16,18,27-28H,4,6-7,10-11,17H2,1-3H3. The molecule has 0 aromatic heterocycles. The highest BCUT2D eigenvalue weighted by Gasteiger charge is 2.20. The lowest BCUT2D eigenvalue weighted by Gasteiger charge is -2.25. The van der Waals surface area contributed by atoms with Gasteiger partial charge in [-0.25, -0.2) is 0 Å². The number of ether oxygens (including phenoxy) is 1. The molecule has 1 aliphatic rings. The van der Waals surface area contributed by atoms with Crippen LogP contribution in [0.4, 0.5) is 0 Å². The first-order valence-electron chi connectivity index (χ1n) is 10.3. The lowest BCUT2D eigenvalue weighted by molar-refractivity contribution is 0.197. The van der Waals surface area contributed by atoms with Crippen LogP contribution < -0.4 is 4.74 Å². The van der Waals surface area contributed by atoms with Gasteiger partial charge in [0.2, 0.25) is 0 Å². The Hall–Kier alpha value is -1.32. The second kappa shape index (κ2) is 9.45. The fourth-order valence-electron chi connectivity index (χ4n) is 3.70. The van der Waals surface area contributed by atoms with Gasteiger partial charge in [0.15, 0.2) is 0 Å². The van der Waals surface area contributed by atoms with Gasteiger partial charge in [-0.2, -0.15) is 0 Å². The number of rotatable bonds is 5. The van der Waals surface area contributed by atoms with Crippen molar-refractivity contribution in [3.63, 3.8) is 0 Å². The quantitative estimate of drug-likeness (QED) is 0.375. The van der Waals surface area contributed by atoms with E-state index < -0.39 is 0 Å². The van der Waals surface area contributed by atoms with E-state index in [0.29, 0.717) is 12.5 Å². The first kappa shape index (κ1) is 21.4. The summed E-state index contributed by atoms with van der Waals surface area (Å²) in [4.78, 5) is 1.75. The fourth-order valence-corrected chi connectivity index (χ4v) is 4.28. The summed E-state index contributed by atoms with van der Waals surface area (Å²) in [7, 11) is 0. The summed E-state index contributed by atoms with van der Waals surface area (Å²) >= 11 is 9.70. The van der Waals surface area contributed by atoms with Gasteiger partial charge in [0.05, 0.1) is 6.61 Å². The van der Waals surface area contributed by atoms with Gasteiger partial charge in [0.1, 0.15) is 5.75 Å². The molecule has 0 radical (unpaired) electrons. The summed E-state index contributed by atoms with van der Waals surface area (Å²) in [6, 6.07) is 16.9. The average molecular weight is 413 g/mol. The van der Waals surface area contributed by atoms with Crippen LogP contribution in [0.1, 0.15) is 75.5 Å². The molecule has 0 bridgehead atoms. The minimum Gasteiger partial charge on any atom is -0.492 e. The Bertz CT molecular complexity index is 812. The Labute approximate surface area is 181 Å². The summed E-state index contributed by atoms with van der Waals surface area (Å²) in [6.45, 7) is 7.23. The number of hydrogen-bond acceptors (Lipinski definition) is 3. The zero-order valence-corrected chi connectivity index (χ0v) is 19.0. The minimum atomic E-state index is 0.100. The van der Waals surface area contributed by atoms with Crippen molar-refractivity contribution in [2.24, 2.45) is 5.41 Å². The zero-order valence-electron chi connectivity index (χ0n) is 17.2. The molecule has 1 aliphatic carbocycles. The van der Waals surface area contributed by atoms with Crippen LogP contribution in [0.25, 0.3) is 9.81 Å². The Morgan fingerprint density at radius 3 is 2.25 bits per heavy atom. The average Bonchev–Trinajstić information content (AvgIpc) is 2.72. The van der Waals surface area contributed by atoms with E-state index in [4.69, 9.17) is 30.0 Å². The van der Waals surface area contributed by atoms with E-state index in [0.717, 1.165) is 26.7 Å². The summed E-state index contributed by atoms with van der Waals surface area (Å²) in [6.07, 6.45) is 6.57. The molecule has 0 aliphatic heterocycles. The van der Waals surface area contributed by atoms with Crippen LogP contribution in [-0.4, -0.2) is 6.61 Å². The molecule has 2 aromatic carbocycles. The molecular weight excluding hydrogens is 380 g/mol. The molecule has 2 aromatic rings. The van der Waals surface area contributed by atoms with Crippen LogP contribution in [0.2, 0.25) is 0 Å². The van der Waals surface area contributed by atoms with Gasteiger partial charge in [-0.05, 0) is 47.4 Å². The van der Waals surface area contributed by atoms with Gasteiger partial charge in [-0.3, -0.25) is 0 Å². The van der Waals surface area contributed by atoms with Crippen molar-refractivity contribution in [1.29, 1.82) is 0 Å². The molecule has 0 saturated heterocycles.